The maximum absolute atomic E-state index is 5.80. The van der Waals surface area contributed by atoms with Crippen molar-refractivity contribution in [1.29, 1.82) is 0 Å². The van der Waals surface area contributed by atoms with Gasteiger partial charge in [-0.1, -0.05) is 19.9 Å². The normalized spacial score (nSPS) is 16.4. The van der Waals surface area contributed by atoms with Gasteiger partial charge in [0.05, 0.1) is 0 Å². The van der Waals surface area contributed by atoms with Crippen molar-refractivity contribution < 1.29 is 0 Å². The van der Waals surface area contributed by atoms with Crippen LogP contribution in [0.4, 0.5) is 5.69 Å². The first-order chi connectivity index (χ1) is 7.65. The summed E-state index contributed by atoms with van der Waals surface area (Å²) in [4.78, 5) is 2.55. The summed E-state index contributed by atoms with van der Waals surface area (Å²) in [5.74, 6) is 0.799. The van der Waals surface area contributed by atoms with E-state index in [9.17, 15) is 0 Å². The Balaban J connectivity index is 1.98. The van der Waals surface area contributed by atoms with Crippen LogP contribution in [0.15, 0.2) is 18.2 Å². The van der Waals surface area contributed by atoms with Crippen molar-refractivity contribution in [2.45, 2.75) is 33.2 Å². The number of benzene rings is 1. The fraction of sp³-hybridized carbons (Fsp3) is 0.571. The Bertz CT molecular complexity index is 358. The van der Waals surface area contributed by atoms with E-state index in [-0.39, 0.29) is 0 Å². The van der Waals surface area contributed by atoms with E-state index < -0.39 is 0 Å². The SMILES string of the molecule is CC(C)CCN1CCc2cc(N)ccc2C1. The second-order valence-corrected chi connectivity index (χ2v) is 5.24. The molecule has 0 aromatic heterocycles. The molecule has 2 heteroatoms. The lowest BCUT2D eigenvalue weighted by Gasteiger charge is -2.29. The summed E-state index contributed by atoms with van der Waals surface area (Å²) in [6.07, 6.45) is 2.45. The van der Waals surface area contributed by atoms with Gasteiger partial charge in [-0.3, -0.25) is 4.90 Å². The molecule has 0 atom stereocenters. The average Bonchev–Trinajstić information content (AvgIpc) is 2.26. The van der Waals surface area contributed by atoms with Gasteiger partial charge in [0.25, 0.3) is 0 Å². The molecule has 88 valence electrons. The first-order valence-electron chi connectivity index (χ1n) is 6.25. The van der Waals surface area contributed by atoms with Crippen LogP contribution in [0.5, 0.6) is 0 Å². The lowest BCUT2D eigenvalue weighted by atomic mass is 9.98. The Labute approximate surface area is 98.4 Å². The molecular formula is C14H22N2. The van der Waals surface area contributed by atoms with Gasteiger partial charge in [-0.05, 0) is 48.6 Å². The van der Waals surface area contributed by atoms with Gasteiger partial charge in [0.1, 0.15) is 0 Å². The van der Waals surface area contributed by atoms with Crippen LogP contribution in [0.2, 0.25) is 0 Å². The van der Waals surface area contributed by atoms with Crippen molar-refractivity contribution in [1.82, 2.24) is 4.90 Å². The molecule has 1 aromatic rings. The molecule has 1 aliphatic rings. The molecule has 0 aliphatic carbocycles. The van der Waals surface area contributed by atoms with Crippen LogP contribution < -0.4 is 5.73 Å². The first-order valence-corrected chi connectivity index (χ1v) is 6.25. The molecule has 2 N–H and O–H groups in total. The van der Waals surface area contributed by atoms with Gasteiger partial charge >= 0.3 is 0 Å². The Kier molecular flexibility index (Phi) is 3.49. The first kappa shape index (κ1) is 11.5. The number of anilines is 1. The Morgan fingerprint density at radius 3 is 2.88 bits per heavy atom. The quantitative estimate of drug-likeness (QED) is 0.790. The highest BCUT2D eigenvalue weighted by molar-refractivity contribution is 5.45. The third-order valence-electron chi connectivity index (χ3n) is 3.34. The molecule has 0 amide bonds. The van der Waals surface area contributed by atoms with Crippen LogP contribution in [-0.4, -0.2) is 18.0 Å². The highest BCUT2D eigenvalue weighted by Crippen LogP contribution is 2.21. The summed E-state index contributed by atoms with van der Waals surface area (Å²) >= 11 is 0. The van der Waals surface area contributed by atoms with Crippen LogP contribution >= 0.6 is 0 Å². The zero-order chi connectivity index (χ0) is 11.5. The molecule has 2 rings (SSSR count). The van der Waals surface area contributed by atoms with E-state index in [1.165, 1.54) is 30.6 Å². The van der Waals surface area contributed by atoms with Gasteiger partial charge in [0.15, 0.2) is 0 Å². The van der Waals surface area contributed by atoms with E-state index in [1.807, 2.05) is 6.07 Å². The van der Waals surface area contributed by atoms with E-state index in [0.29, 0.717) is 0 Å². The van der Waals surface area contributed by atoms with Crippen LogP contribution in [-0.2, 0) is 13.0 Å². The zero-order valence-electron chi connectivity index (χ0n) is 10.4. The summed E-state index contributed by atoms with van der Waals surface area (Å²) in [5, 5.41) is 0. The third-order valence-corrected chi connectivity index (χ3v) is 3.34. The largest absolute Gasteiger partial charge is 0.399 e. The summed E-state index contributed by atoms with van der Waals surface area (Å²) in [6, 6.07) is 6.34. The monoisotopic (exact) mass is 218 g/mol. The molecule has 0 unspecified atom stereocenters. The highest BCUT2D eigenvalue weighted by Gasteiger charge is 2.15. The number of nitrogen functional groups attached to an aromatic ring is 1. The molecule has 2 nitrogen and oxygen atoms in total. The highest BCUT2D eigenvalue weighted by atomic mass is 15.1. The molecule has 1 aromatic carbocycles. The fourth-order valence-corrected chi connectivity index (χ4v) is 2.26. The van der Waals surface area contributed by atoms with Gasteiger partial charge in [-0.2, -0.15) is 0 Å². The smallest absolute Gasteiger partial charge is 0.0316 e. The van der Waals surface area contributed by atoms with Gasteiger partial charge in [0, 0.05) is 18.8 Å². The number of rotatable bonds is 3. The maximum Gasteiger partial charge on any atom is 0.0316 e. The van der Waals surface area contributed by atoms with Crippen molar-refractivity contribution in [3.8, 4) is 0 Å². The molecule has 0 saturated heterocycles. The fourth-order valence-electron chi connectivity index (χ4n) is 2.26. The predicted octanol–water partition coefficient (Wildman–Crippen LogP) is 2.67. The van der Waals surface area contributed by atoms with Crippen LogP contribution in [0.1, 0.15) is 31.4 Å². The second-order valence-electron chi connectivity index (χ2n) is 5.24. The molecular weight excluding hydrogens is 196 g/mol. The summed E-state index contributed by atoms with van der Waals surface area (Å²) < 4.78 is 0. The Hall–Kier alpha value is -1.02. The van der Waals surface area contributed by atoms with E-state index in [4.69, 9.17) is 5.73 Å². The van der Waals surface area contributed by atoms with E-state index >= 15 is 0 Å². The summed E-state index contributed by atoms with van der Waals surface area (Å²) in [5.41, 5.74) is 9.61. The average molecular weight is 218 g/mol. The molecule has 16 heavy (non-hydrogen) atoms. The Morgan fingerprint density at radius 2 is 2.12 bits per heavy atom. The van der Waals surface area contributed by atoms with Gasteiger partial charge in [-0.25, -0.2) is 0 Å². The van der Waals surface area contributed by atoms with E-state index in [1.54, 1.807) is 0 Å². The molecule has 1 heterocycles. The van der Waals surface area contributed by atoms with Crippen LogP contribution in [0.25, 0.3) is 0 Å². The number of hydrogen-bond acceptors (Lipinski definition) is 2. The summed E-state index contributed by atoms with van der Waals surface area (Å²) in [6.45, 7) is 8.09. The van der Waals surface area contributed by atoms with Crippen LogP contribution in [0.3, 0.4) is 0 Å². The molecule has 0 bridgehead atoms. The molecule has 0 spiro atoms. The van der Waals surface area contributed by atoms with E-state index in [0.717, 1.165) is 24.6 Å². The molecule has 0 saturated carbocycles. The maximum atomic E-state index is 5.80. The van der Waals surface area contributed by atoms with Crippen molar-refractivity contribution in [3.63, 3.8) is 0 Å². The number of nitrogens with zero attached hydrogens (tertiary/aromatic N) is 1. The zero-order valence-corrected chi connectivity index (χ0v) is 10.4. The van der Waals surface area contributed by atoms with Crippen molar-refractivity contribution in [3.05, 3.63) is 29.3 Å². The van der Waals surface area contributed by atoms with Gasteiger partial charge in [0.2, 0.25) is 0 Å². The predicted molar refractivity (Wildman–Crippen MR) is 69.3 cm³/mol. The number of nitrogens with two attached hydrogens (primary N) is 1. The number of fused-ring (bicyclic) bond motifs is 1. The topological polar surface area (TPSA) is 29.3 Å². The minimum absolute atomic E-state index is 0.799. The van der Waals surface area contributed by atoms with E-state index in [2.05, 4.69) is 30.9 Å². The second kappa shape index (κ2) is 4.88. The summed E-state index contributed by atoms with van der Waals surface area (Å²) in [7, 11) is 0. The molecule has 0 fully saturated rings. The molecule has 0 radical (unpaired) electrons. The van der Waals surface area contributed by atoms with Gasteiger partial charge in [-0.15, -0.1) is 0 Å². The Morgan fingerprint density at radius 1 is 1.31 bits per heavy atom. The standard InChI is InChI=1S/C14H22N2/c1-11(2)5-7-16-8-6-12-9-14(15)4-3-13(12)10-16/h3-4,9,11H,5-8,10,15H2,1-2H3. The lowest BCUT2D eigenvalue weighted by Crippen LogP contribution is -2.31. The van der Waals surface area contributed by atoms with Crippen molar-refractivity contribution in [2.75, 3.05) is 18.8 Å². The third kappa shape index (κ3) is 2.76. The lowest BCUT2D eigenvalue weighted by molar-refractivity contribution is 0.239. The van der Waals surface area contributed by atoms with Crippen molar-refractivity contribution in [2.24, 2.45) is 5.92 Å². The van der Waals surface area contributed by atoms with Gasteiger partial charge < -0.3 is 5.73 Å². The minimum Gasteiger partial charge on any atom is -0.399 e. The molecule has 1 aliphatic heterocycles. The van der Waals surface area contributed by atoms with Crippen LogP contribution in [0, 0.1) is 5.92 Å². The number of hydrogen-bond donors (Lipinski definition) is 1. The minimum atomic E-state index is 0.799. The van der Waals surface area contributed by atoms with Crippen molar-refractivity contribution >= 4 is 5.69 Å².